The Labute approximate surface area is 194 Å². The number of ether oxygens (including phenoxy) is 2. The van der Waals surface area contributed by atoms with Crippen molar-refractivity contribution in [3.8, 4) is 0 Å². The average Bonchev–Trinajstić information content (AvgIpc) is 2.70. The van der Waals surface area contributed by atoms with Crippen molar-refractivity contribution in [3.05, 3.63) is 34.9 Å². The lowest BCUT2D eigenvalue weighted by atomic mass is 9.99. The van der Waals surface area contributed by atoms with Gasteiger partial charge < -0.3 is 25.0 Å². The molecule has 0 saturated heterocycles. The second kappa shape index (κ2) is 11.8. The molecule has 10 heteroatoms. The zero-order valence-corrected chi connectivity index (χ0v) is 20.5. The molecule has 32 heavy (non-hydrogen) atoms. The number of nitrogens with zero attached hydrogens (tertiary/aromatic N) is 1. The maximum Gasteiger partial charge on any atom is 0.408 e. The molecule has 0 aliphatic carbocycles. The zero-order valence-electron chi connectivity index (χ0n) is 19.6. The lowest BCUT2D eigenvalue weighted by molar-refractivity contribution is -0.143. The molecule has 2 atom stereocenters. The van der Waals surface area contributed by atoms with Crippen molar-refractivity contribution >= 4 is 36.5 Å². The van der Waals surface area contributed by atoms with Crippen molar-refractivity contribution in [2.24, 2.45) is 0 Å². The molecule has 0 spiro atoms. The van der Waals surface area contributed by atoms with Crippen LogP contribution in [-0.4, -0.2) is 66.9 Å². The van der Waals surface area contributed by atoms with Crippen LogP contribution in [0, 0.1) is 13.8 Å². The molecule has 178 valence electrons. The standard InChI is InChI=1S/C22H33N3O6S/c1-13-8-9-15(10-14(13)2)18(19(27)23-11-17(26)30-7)25(6)20(28)16(12-32)24-21(29)31-22(3,4)5/h8-10,16,18,32H,11-12H2,1-7H3,(H,23,27)(H,24,29). The van der Waals surface area contributed by atoms with Gasteiger partial charge in [-0.1, -0.05) is 18.2 Å². The van der Waals surface area contributed by atoms with E-state index in [9.17, 15) is 19.2 Å². The van der Waals surface area contributed by atoms with E-state index >= 15 is 0 Å². The Balaban J connectivity index is 3.18. The first-order chi connectivity index (χ1) is 14.8. The first-order valence-electron chi connectivity index (χ1n) is 10.1. The summed E-state index contributed by atoms with van der Waals surface area (Å²) in [6.45, 7) is 8.60. The number of hydrogen-bond donors (Lipinski definition) is 3. The normalized spacial score (nSPS) is 12.9. The van der Waals surface area contributed by atoms with Gasteiger partial charge in [-0.3, -0.25) is 14.4 Å². The number of methoxy groups -OCH3 is 1. The number of carbonyl (C=O) groups excluding carboxylic acids is 4. The molecular formula is C22H33N3O6S. The number of thiol groups is 1. The highest BCUT2D eigenvalue weighted by Gasteiger charge is 2.34. The number of benzene rings is 1. The van der Waals surface area contributed by atoms with Gasteiger partial charge in [0.05, 0.1) is 7.11 Å². The summed E-state index contributed by atoms with van der Waals surface area (Å²) in [6, 6.07) is 3.32. The summed E-state index contributed by atoms with van der Waals surface area (Å²) in [5, 5.41) is 4.99. The number of nitrogens with one attached hydrogen (secondary N) is 2. The van der Waals surface area contributed by atoms with Crippen LogP contribution >= 0.6 is 12.6 Å². The van der Waals surface area contributed by atoms with Crippen molar-refractivity contribution in [3.63, 3.8) is 0 Å². The van der Waals surface area contributed by atoms with E-state index in [0.29, 0.717) is 5.56 Å². The maximum atomic E-state index is 13.2. The molecule has 0 aliphatic heterocycles. The van der Waals surface area contributed by atoms with Crippen LogP contribution in [0.1, 0.15) is 43.5 Å². The molecule has 3 amide bonds. The van der Waals surface area contributed by atoms with Gasteiger partial charge in [0, 0.05) is 12.8 Å². The van der Waals surface area contributed by atoms with Gasteiger partial charge in [-0.25, -0.2) is 4.79 Å². The zero-order chi connectivity index (χ0) is 24.6. The molecule has 1 rings (SSSR count). The van der Waals surface area contributed by atoms with Crippen LogP contribution in [-0.2, 0) is 23.9 Å². The minimum Gasteiger partial charge on any atom is -0.468 e. The Morgan fingerprint density at radius 3 is 2.25 bits per heavy atom. The predicted octanol–water partition coefficient (Wildman–Crippen LogP) is 1.92. The Bertz CT molecular complexity index is 853. The van der Waals surface area contributed by atoms with Gasteiger partial charge in [0.25, 0.3) is 0 Å². The molecule has 1 aromatic rings. The lowest BCUT2D eigenvalue weighted by Crippen LogP contribution is -2.52. The molecule has 9 nitrogen and oxygen atoms in total. The van der Waals surface area contributed by atoms with Crippen molar-refractivity contribution < 1.29 is 28.7 Å². The van der Waals surface area contributed by atoms with Gasteiger partial charge in [0.15, 0.2) is 0 Å². The highest BCUT2D eigenvalue weighted by atomic mass is 32.1. The molecule has 1 aromatic carbocycles. The molecule has 0 aliphatic rings. The van der Waals surface area contributed by atoms with Crippen molar-refractivity contribution in [1.29, 1.82) is 0 Å². The Morgan fingerprint density at radius 2 is 1.75 bits per heavy atom. The molecule has 0 fully saturated rings. The predicted molar refractivity (Wildman–Crippen MR) is 123 cm³/mol. The van der Waals surface area contributed by atoms with Crippen LogP contribution in [0.2, 0.25) is 0 Å². The second-order valence-corrected chi connectivity index (χ2v) is 8.74. The smallest absolute Gasteiger partial charge is 0.408 e. The molecule has 2 unspecified atom stereocenters. The Morgan fingerprint density at radius 1 is 1.12 bits per heavy atom. The molecule has 0 saturated carbocycles. The fourth-order valence-corrected chi connectivity index (χ4v) is 3.07. The minimum absolute atomic E-state index is 0.00809. The molecule has 0 radical (unpaired) electrons. The second-order valence-electron chi connectivity index (χ2n) is 8.37. The van der Waals surface area contributed by atoms with Crippen molar-refractivity contribution in [1.82, 2.24) is 15.5 Å². The van der Waals surface area contributed by atoms with Gasteiger partial charge in [-0.2, -0.15) is 12.6 Å². The molecule has 0 bridgehead atoms. The minimum atomic E-state index is -1.05. The van der Waals surface area contributed by atoms with Gasteiger partial charge in [0.2, 0.25) is 11.8 Å². The summed E-state index contributed by atoms with van der Waals surface area (Å²) < 4.78 is 9.78. The van der Waals surface area contributed by atoms with Crippen LogP contribution < -0.4 is 10.6 Å². The number of alkyl carbamates (subject to hydrolysis) is 1. The van der Waals surface area contributed by atoms with Crippen molar-refractivity contribution in [2.75, 3.05) is 26.5 Å². The molecular weight excluding hydrogens is 434 g/mol. The number of rotatable bonds is 8. The lowest BCUT2D eigenvalue weighted by Gasteiger charge is -2.31. The highest BCUT2D eigenvalue weighted by molar-refractivity contribution is 7.80. The van der Waals surface area contributed by atoms with Gasteiger partial charge in [0.1, 0.15) is 24.2 Å². The van der Waals surface area contributed by atoms with E-state index in [-0.39, 0.29) is 12.3 Å². The number of carbonyl (C=O) groups is 4. The quantitative estimate of drug-likeness (QED) is 0.398. The number of likely N-dealkylation sites (N-methyl/N-ethyl adjacent to an activating group) is 1. The van der Waals surface area contributed by atoms with Gasteiger partial charge in [-0.15, -0.1) is 0 Å². The van der Waals surface area contributed by atoms with E-state index in [4.69, 9.17) is 4.74 Å². The van der Waals surface area contributed by atoms with E-state index in [1.165, 1.54) is 19.1 Å². The monoisotopic (exact) mass is 467 g/mol. The van der Waals surface area contributed by atoms with E-state index < -0.39 is 41.6 Å². The van der Waals surface area contributed by atoms with Crippen LogP contribution in [0.3, 0.4) is 0 Å². The SMILES string of the molecule is COC(=O)CNC(=O)C(c1ccc(C)c(C)c1)N(C)C(=O)C(CS)NC(=O)OC(C)(C)C. The average molecular weight is 468 g/mol. The Hall–Kier alpha value is -2.75. The third-order valence-electron chi connectivity index (χ3n) is 4.64. The largest absolute Gasteiger partial charge is 0.468 e. The van der Waals surface area contributed by atoms with E-state index in [1.54, 1.807) is 32.9 Å². The first kappa shape index (κ1) is 27.3. The van der Waals surface area contributed by atoms with E-state index in [1.807, 2.05) is 19.9 Å². The summed E-state index contributed by atoms with van der Waals surface area (Å²) in [4.78, 5) is 51.0. The topological polar surface area (TPSA) is 114 Å². The van der Waals surface area contributed by atoms with Crippen LogP contribution in [0.25, 0.3) is 0 Å². The summed E-state index contributed by atoms with van der Waals surface area (Å²) in [7, 11) is 2.66. The molecule has 2 N–H and O–H groups in total. The number of amides is 3. The molecule has 0 aromatic heterocycles. The van der Waals surface area contributed by atoms with E-state index in [0.717, 1.165) is 11.1 Å². The highest BCUT2D eigenvalue weighted by Crippen LogP contribution is 2.23. The van der Waals surface area contributed by atoms with Crippen molar-refractivity contribution in [2.45, 2.75) is 52.3 Å². The van der Waals surface area contributed by atoms with Crippen LogP contribution in [0.15, 0.2) is 18.2 Å². The van der Waals surface area contributed by atoms with Gasteiger partial charge >= 0.3 is 12.1 Å². The fourth-order valence-electron chi connectivity index (χ4n) is 2.82. The summed E-state index contributed by atoms with van der Waals surface area (Å²) in [5.41, 5.74) is 1.78. The number of esters is 1. The summed E-state index contributed by atoms with van der Waals surface area (Å²) >= 11 is 4.17. The van der Waals surface area contributed by atoms with Gasteiger partial charge in [-0.05, 0) is 51.3 Å². The van der Waals surface area contributed by atoms with Crippen LogP contribution in [0.5, 0.6) is 0 Å². The third kappa shape index (κ3) is 8.07. The Kier molecular flexibility index (Phi) is 10.0. The van der Waals surface area contributed by atoms with Crippen LogP contribution in [0.4, 0.5) is 4.79 Å². The third-order valence-corrected chi connectivity index (χ3v) is 5.00. The summed E-state index contributed by atoms with van der Waals surface area (Å²) in [5.74, 6) is -1.73. The molecule has 0 heterocycles. The number of aryl methyl sites for hydroxylation is 2. The number of hydrogen-bond acceptors (Lipinski definition) is 7. The van der Waals surface area contributed by atoms with E-state index in [2.05, 4.69) is 28.0 Å². The maximum absolute atomic E-state index is 13.2. The summed E-state index contributed by atoms with van der Waals surface area (Å²) in [6.07, 6.45) is -0.767. The fraction of sp³-hybridized carbons (Fsp3) is 0.545. The first-order valence-corrected chi connectivity index (χ1v) is 10.7.